The predicted octanol–water partition coefficient (Wildman–Crippen LogP) is 3.03. The molecule has 1 atom stereocenters. The Morgan fingerprint density at radius 1 is 1.18 bits per heavy atom. The van der Waals surface area contributed by atoms with Crippen LogP contribution < -0.4 is 5.32 Å². The van der Waals surface area contributed by atoms with Crippen molar-refractivity contribution in [1.29, 1.82) is 0 Å². The first-order chi connectivity index (χ1) is 8.20. The molecule has 0 radical (unpaired) electrons. The van der Waals surface area contributed by atoms with E-state index >= 15 is 0 Å². The van der Waals surface area contributed by atoms with E-state index in [0.717, 1.165) is 5.56 Å². The SMILES string of the molecule is CC1(NCC(O)c2ccccc2)CCCCC1. The molecule has 1 unspecified atom stereocenters. The van der Waals surface area contributed by atoms with Crippen LogP contribution in [0.1, 0.15) is 50.7 Å². The lowest BCUT2D eigenvalue weighted by Crippen LogP contribution is -2.45. The van der Waals surface area contributed by atoms with Crippen molar-refractivity contribution in [3.05, 3.63) is 35.9 Å². The van der Waals surface area contributed by atoms with Gasteiger partial charge in [0, 0.05) is 12.1 Å². The zero-order chi connectivity index (χ0) is 12.1. The van der Waals surface area contributed by atoms with E-state index in [1.165, 1.54) is 32.1 Å². The van der Waals surface area contributed by atoms with Crippen LogP contribution in [-0.2, 0) is 0 Å². The van der Waals surface area contributed by atoms with Crippen LogP contribution in [0.2, 0.25) is 0 Å². The summed E-state index contributed by atoms with van der Waals surface area (Å²) in [5.74, 6) is 0. The van der Waals surface area contributed by atoms with E-state index in [4.69, 9.17) is 0 Å². The van der Waals surface area contributed by atoms with Crippen molar-refractivity contribution in [3.63, 3.8) is 0 Å². The molecule has 1 fully saturated rings. The molecule has 0 amide bonds. The first kappa shape index (κ1) is 12.6. The van der Waals surface area contributed by atoms with Crippen molar-refractivity contribution in [3.8, 4) is 0 Å². The van der Waals surface area contributed by atoms with Gasteiger partial charge >= 0.3 is 0 Å². The van der Waals surface area contributed by atoms with E-state index in [1.807, 2.05) is 30.3 Å². The highest BCUT2D eigenvalue weighted by Crippen LogP contribution is 2.28. The second-order valence-corrected chi connectivity index (χ2v) is 5.43. The predicted molar refractivity (Wildman–Crippen MR) is 70.9 cm³/mol. The largest absolute Gasteiger partial charge is 0.387 e. The van der Waals surface area contributed by atoms with Gasteiger partial charge in [-0.05, 0) is 25.3 Å². The van der Waals surface area contributed by atoms with Crippen molar-refractivity contribution in [2.75, 3.05) is 6.54 Å². The van der Waals surface area contributed by atoms with E-state index in [1.54, 1.807) is 0 Å². The number of nitrogens with one attached hydrogen (secondary N) is 1. The van der Waals surface area contributed by atoms with Crippen LogP contribution in [0.3, 0.4) is 0 Å². The van der Waals surface area contributed by atoms with Crippen LogP contribution in [0.25, 0.3) is 0 Å². The van der Waals surface area contributed by atoms with Gasteiger partial charge in [0.1, 0.15) is 0 Å². The minimum absolute atomic E-state index is 0.230. The standard InChI is InChI=1S/C15H23NO/c1-15(10-6-3-7-11-15)16-12-14(17)13-8-4-2-5-9-13/h2,4-5,8-9,14,16-17H,3,6-7,10-12H2,1H3. The third kappa shape index (κ3) is 3.55. The molecule has 0 spiro atoms. The number of hydrogen-bond donors (Lipinski definition) is 2. The summed E-state index contributed by atoms with van der Waals surface area (Å²) in [7, 11) is 0. The molecule has 1 aliphatic rings. The van der Waals surface area contributed by atoms with Crippen LogP contribution in [0.5, 0.6) is 0 Å². The van der Waals surface area contributed by atoms with Crippen molar-refractivity contribution >= 4 is 0 Å². The van der Waals surface area contributed by atoms with E-state index in [-0.39, 0.29) is 5.54 Å². The lowest BCUT2D eigenvalue weighted by Gasteiger charge is -2.35. The Labute approximate surface area is 104 Å². The molecule has 17 heavy (non-hydrogen) atoms. The zero-order valence-electron chi connectivity index (χ0n) is 10.7. The van der Waals surface area contributed by atoms with Gasteiger partial charge in [0.05, 0.1) is 6.10 Å². The molecule has 1 aromatic rings. The molecule has 2 heteroatoms. The fourth-order valence-electron chi connectivity index (χ4n) is 2.64. The minimum Gasteiger partial charge on any atom is -0.387 e. The number of β-amino-alcohol motifs (C(OH)–C–C–N with tert-alkyl or cyclic N) is 1. The Hall–Kier alpha value is -0.860. The van der Waals surface area contributed by atoms with E-state index in [2.05, 4.69) is 12.2 Å². The van der Waals surface area contributed by atoms with E-state index < -0.39 is 6.10 Å². The third-order valence-electron chi connectivity index (χ3n) is 3.86. The molecule has 0 heterocycles. The normalized spacial score (nSPS) is 21.1. The Balaban J connectivity index is 1.85. The van der Waals surface area contributed by atoms with Crippen molar-refractivity contribution in [1.82, 2.24) is 5.32 Å². The van der Waals surface area contributed by atoms with Crippen molar-refractivity contribution in [2.24, 2.45) is 0 Å². The number of hydrogen-bond acceptors (Lipinski definition) is 2. The molecule has 2 rings (SSSR count). The first-order valence-corrected chi connectivity index (χ1v) is 6.68. The molecule has 0 bridgehead atoms. The Kier molecular flexibility index (Phi) is 4.19. The molecule has 94 valence electrons. The van der Waals surface area contributed by atoms with Gasteiger partial charge in [-0.15, -0.1) is 0 Å². The van der Waals surface area contributed by atoms with E-state index in [9.17, 15) is 5.11 Å². The third-order valence-corrected chi connectivity index (χ3v) is 3.86. The van der Waals surface area contributed by atoms with Crippen LogP contribution in [0.4, 0.5) is 0 Å². The number of rotatable bonds is 4. The zero-order valence-corrected chi connectivity index (χ0v) is 10.7. The number of aliphatic hydroxyl groups is 1. The lowest BCUT2D eigenvalue weighted by molar-refractivity contribution is 0.146. The molecule has 0 aromatic heterocycles. The maximum Gasteiger partial charge on any atom is 0.0914 e. The van der Waals surface area contributed by atoms with Crippen LogP contribution in [0.15, 0.2) is 30.3 Å². The Bertz CT molecular complexity index is 330. The lowest BCUT2D eigenvalue weighted by atomic mass is 9.83. The smallest absolute Gasteiger partial charge is 0.0914 e. The Morgan fingerprint density at radius 2 is 1.82 bits per heavy atom. The van der Waals surface area contributed by atoms with E-state index in [0.29, 0.717) is 6.54 Å². The second kappa shape index (κ2) is 5.65. The summed E-state index contributed by atoms with van der Waals surface area (Å²) in [4.78, 5) is 0. The van der Waals surface area contributed by atoms with Gasteiger partial charge in [-0.25, -0.2) is 0 Å². The average Bonchev–Trinajstić information content (AvgIpc) is 2.38. The maximum absolute atomic E-state index is 10.1. The van der Waals surface area contributed by atoms with Gasteiger partial charge in [0.2, 0.25) is 0 Å². The molecule has 1 aliphatic carbocycles. The van der Waals surface area contributed by atoms with Crippen LogP contribution in [-0.4, -0.2) is 17.2 Å². The average molecular weight is 233 g/mol. The molecule has 0 aliphatic heterocycles. The fourth-order valence-corrected chi connectivity index (χ4v) is 2.64. The highest BCUT2D eigenvalue weighted by Gasteiger charge is 2.26. The minimum atomic E-state index is -0.394. The summed E-state index contributed by atoms with van der Waals surface area (Å²) in [6.45, 7) is 2.93. The van der Waals surface area contributed by atoms with Gasteiger partial charge in [-0.1, -0.05) is 49.6 Å². The molecular formula is C15H23NO. The summed E-state index contributed by atoms with van der Waals surface area (Å²) in [5, 5.41) is 13.6. The maximum atomic E-state index is 10.1. The van der Waals surface area contributed by atoms with Gasteiger partial charge < -0.3 is 10.4 Å². The summed E-state index contributed by atoms with van der Waals surface area (Å²) >= 11 is 0. The quantitative estimate of drug-likeness (QED) is 0.838. The molecule has 1 aromatic carbocycles. The highest BCUT2D eigenvalue weighted by atomic mass is 16.3. The highest BCUT2D eigenvalue weighted by molar-refractivity contribution is 5.17. The van der Waals surface area contributed by atoms with Crippen molar-refractivity contribution < 1.29 is 5.11 Å². The first-order valence-electron chi connectivity index (χ1n) is 6.68. The van der Waals surface area contributed by atoms with Gasteiger partial charge in [-0.3, -0.25) is 0 Å². The summed E-state index contributed by atoms with van der Waals surface area (Å²) in [5.41, 5.74) is 1.23. The summed E-state index contributed by atoms with van der Waals surface area (Å²) in [6, 6.07) is 9.89. The number of benzene rings is 1. The van der Waals surface area contributed by atoms with Gasteiger partial charge in [0.15, 0.2) is 0 Å². The molecule has 2 N–H and O–H groups in total. The Morgan fingerprint density at radius 3 is 2.47 bits per heavy atom. The molecule has 0 saturated heterocycles. The van der Waals surface area contributed by atoms with Gasteiger partial charge in [0.25, 0.3) is 0 Å². The summed E-state index contributed by atoms with van der Waals surface area (Å²) in [6.07, 6.45) is 6.05. The van der Waals surface area contributed by atoms with Crippen molar-refractivity contribution in [2.45, 2.75) is 50.7 Å². The number of aliphatic hydroxyl groups excluding tert-OH is 1. The second-order valence-electron chi connectivity index (χ2n) is 5.43. The molecule has 1 saturated carbocycles. The monoisotopic (exact) mass is 233 g/mol. The van der Waals surface area contributed by atoms with Crippen LogP contribution in [0, 0.1) is 0 Å². The topological polar surface area (TPSA) is 32.3 Å². The van der Waals surface area contributed by atoms with Gasteiger partial charge in [-0.2, -0.15) is 0 Å². The van der Waals surface area contributed by atoms with Crippen LogP contribution >= 0.6 is 0 Å². The molecule has 2 nitrogen and oxygen atoms in total. The summed E-state index contributed by atoms with van der Waals surface area (Å²) < 4.78 is 0. The molecular weight excluding hydrogens is 210 g/mol. The fraction of sp³-hybridized carbons (Fsp3) is 0.600.